The summed E-state index contributed by atoms with van der Waals surface area (Å²) in [6.45, 7) is 6.04. The molecule has 0 heterocycles. The van der Waals surface area contributed by atoms with Crippen LogP contribution in [0.25, 0.3) is 0 Å². The van der Waals surface area contributed by atoms with Gasteiger partial charge in [-0.05, 0) is 31.5 Å². The maximum atomic E-state index is 11.7. The molecule has 1 aromatic carbocycles. The summed E-state index contributed by atoms with van der Waals surface area (Å²) in [6, 6.07) is 5.39. The van der Waals surface area contributed by atoms with Crippen LogP contribution < -0.4 is 10.2 Å². The van der Waals surface area contributed by atoms with Gasteiger partial charge in [0.2, 0.25) is 5.91 Å². The predicted octanol–water partition coefficient (Wildman–Crippen LogP) is 2.75. The van der Waals surface area contributed by atoms with Crippen molar-refractivity contribution in [2.24, 2.45) is 0 Å². The van der Waals surface area contributed by atoms with E-state index in [1.807, 2.05) is 13.0 Å². The lowest BCUT2D eigenvalue weighted by Crippen LogP contribution is -2.38. The van der Waals surface area contributed by atoms with Crippen LogP contribution in [-0.2, 0) is 9.53 Å². The molecule has 0 saturated heterocycles. The second-order valence-corrected chi connectivity index (χ2v) is 4.61. The molecule has 1 N–H and O–H groups in total. The van der Waals surface area contributed by atoms with Crippen LogP contribution in [0.3, 0.4) is 0 Å². The first-order chi connectivity index (χ1) is 9.47. The number of nitrogens with one attached hydrogen (secondary N) is 1. The molecule has 5 nitrogen and oxygen atoms in total. The van der Waals surface area contributed by atoms with E-state index in [4.69, 9.17) is 16.3 Å². The Balaban J connectivity index is 2.73. The number of hydrogen-bond acceptors (Lipinski definition) is 3. The van der Waals surface area contributed by atoms with Gasteiger partial charge >= 0.3 is 6.09 Å². The molecule has 1 aromatic rings. The molecular weight excluding hydrogens is 280 g/mol. The zero-order valence-corrected chi connectivity index (χ0v) is 12.7. The van der Waals surface area contributed by atoms with Crippen molar-refractivity contribution >= 4 is 29.3 Å². The van der Waals surface area contributed by atoms with Crippen molar-refractivity contribution in [1.29, 1.82) is 0 Å². The van der Waals surface area contributed by atoms with Crippen molar-refractivity contribution in [3.63, 3.8) is 0 Å². The quantitative estimate of drug-likeness (QED) is 0.909. The first-order valence-corrected chi connectivity index (χ1v) is 6.79. The highest BCUT2D eigenvalue weighted by molar-refractivity contribution is 6.31. The Bertz CT molecular complexity index is 491. The van der Waals surface area contributed by atoms with Crippen molar-refractivity contribution in [3.8, 4) is 0 Å². The largest absolute Gasteiger partial charge is 0.450 e. The van der Waals surface area contributed by atoms with E-state index in [1.54, 1.807) is 24.0 Å². The first-order valence-electron chi connectivity index (χ1n) is 6.41. The van der Waals surface area contributed by atoms with Gasteiger partial charge in [-0.25, -0.2) is 4.79 Å². The standard InChI is InChI=1S/C14H19ClN2O3/c1-4-20-14(19)16-8-9-17(11(3)18)13-7-5-6-12(15)10(13)2/h5-7H,4,8-9H2,1-3H3,(H,16,19). The molecule has 0 unspecified atom stereocenters. The average Bonchev–Trinajstić information content (AvgIpc) is 2.38. The lowest BCUT2D eigenvalue weighted by Gasteiger charge is -2.23. The number of ether oxygens (including phenoxy) is 1. The van der Waals surface area contributed by atoms with Crippen LogP contribution in [0.2, 0.25) is 5.02 Å². The number of halogens is 1. The number of nitrogens with zero attached hydrogens (tertiary/aromatic N) is 1. The molecule has 0 aliphatic carbocycles. The van der Waals surface area contributed by atoms with Crippen LogP contribution >= 0.6 is 11.6 Å². The van der Waals surface area contributed by atoms with Gasteiger partial charge in [0.1, 0.15) is 0 Å². The molecule has 0 radical (unpaired) electrons. The van der Waals surface area contributed by atoms with E-state index in [9.17, 15) is 9.59 Å². The molecule has 0 aromatic heterocycles. The average molecular weight is 299 g/mol. The first kappa shape index (κ1) is 16.3. The van der Waals surface area contributed by atoms with Gasteiger partial charge in [-0.2, -0.15) is 0 Å². The molecule has 110 valence electrons. The number of amides is 2. The Morgan fingerprint density at radius 1 is 1.40 bits per heavy atom. The van der Waals surface area contributed by atoms with E-state index >= 15 is 0 Å². The van der Waals surface area contributed by atoms with Gasteiger partial charge in [-0.3, -0.25) is 4.79 Å². The monoisotopic (exact) mass is 298 g/mol. The highest BCUT2D eigenvalue weighted by Gasteiger charge is 2.15. The maximum Gasteiger partial charge on any atom is 0.407 e. The number of hydrogen-bond donors (Lipinski definition) is 1. The zero-order chi connectivity index (χ0) is 15.1. The summed E-state index contributed by atoms with van der Waals surface area (Å²) in [6.07, 6.45) is -0.487. The van der Waals surface area contributed by atoms with E-state index in [0.29, 0.717) is 24.7 Å². The molecule has 0 aliphatic heterocycles. The van der Waals surface area contributed by atoms with Crippen molar-refractivity contribution in [3.05, 3.63) is 28.8 Å². The molecule has 2 amide bonds. The molecule has 1 rings (SSSR count). The normalized spacial score (nSPS) is 10.0. The molecule has 0 fully saturated rings. The number of carbonyl (C=O) groups is 2. The van der Waals surface area contributed by atoms with Crippen LogP contribution in [0.4, 0.5) is 10.5 Å². The minimum absolute atomic E-state index is 0.110. The fourth-order valence-corrected chi connectivity index (χ4v) is 1.96. The highest BCUT2D eigenvalue weighted by Crippen LogP contribution is 2.26. The van der Waals surface area contributed by atoms with Crippen LogP contribution in [-0.4, -0.2) is 31.7 Å². The molecule has 0 atom stereocenters. The summed E-state index contributed by atoms with van der Waals surface area (Å²) >= 11 is 6.06. The number of carbonyl (C=O) groups excluding carboxylic acids is 2. The molecule has 0 aliphatic rings. The van der Waals surface area contributed by atoms with Crippen LogP contribution in [0.1, 0.15) is 19.4 Å². The minimum Gasteiger partial charge on any atom is -0.450 e. The third kappa shape index (κ3) is 4.42. The van der Waals surface area contributed by atoms with E-state index < -0.39 is 6.09 Å². The third-order valence-corrected chi connectivity index (χ3v) is 3.20. The van der Waals surface area contributed by atoms with E-state index in [2.05, 4.69) is 5.32 Å². The lowest BCUT2D eigenvalue weighted by molar-refractivity contribution is -0.116. The Labute approximate surface area is 123 Å². The van der Waals surface area contributed by atoms with Gasteiger partial charge in [-0.1, -0.05) is 17.7 Å². The lowest BCUT2D eigenvalue weighted by atomic mass is 10.1. The topological polar surface area (TPSA) is 58.6 Å². The molecule has 0 saturated carbocycles. The molecular formula is C14H19ClN2O3. The fourth-order valence-electron chi connectivity index (χ4n) is 1.79. The number of rotatable bonds is 5. The summed E-state index contributed by atoms with van der Waals surface area (Å²) in [5.41, 5.74) is 1.58. The summed E-state index contributed by atoms with van der Waals surface area (Å²) in [5.74, 6) is -0.110. The molecule has 0 bridgehead atoms. The summed E-state index contributed by atoms with van der Waals surface area (Å²) in [5, 5.41) is 3.19. The van der Waals surface area contributed by atoms with Crippen molar-refractivity contribution in [2.45, 2.75) is 20.8 Å². The summed E-state index contributed by atoms with van der Waals surface area (Å²) in [7, 11) is 0. The van der Waals surface area contributed by atoms with Gasteiger partial charge in [0.25, 0.3) is 0 Å². The maximum absolute atomic E-state index is 11.7. The second kappa shape index (κ2) is 7.75. The van der Waals surface area contributed by atoms with Gasteiger partial charge in [0.15, 0.2) is 0 Å². The number of anilines is 1. The molecule has 20 heavy (non-hydrogen) atoms. The number of benzene rings is 1. The predicted molar refractivity (Wildman–Crippen MR) is 79.2 cm³/mol. The second-order valence-electron chi connectivity index (χ2n) is 4.20. The van der Waals surface area contributed by atoms with Gasteiger partial charge in [0, 0.05) is 30.7 Å². The Kier molecular flexibility index (Phi) is 6.31. The van der Waals surface area contributed by atoms with Crippen molar-refractivity contribution in [1.82, 2.24) is 5.32 Å². The Hall–Kier alpha value is -1.75. The van der Waals surface area contributed by atoms with Crippen LogP contribution in [0.5, 0.6) is 0 Å². The molecule has 6 heteroatoms. The fraction of sp³-hybridized carbons (Fsp3) is 0.429. The Morgan fingerprint density at radius 2 is 2.10 bits per heavy atom. The van der Waals surface area contributed by atoms with E-state index in [1.165, 1.54) is 6.92 Å². The van der Waals surface area contributed by atoms with Crippen molar-refractivity contribution in [2.75, 3.05) is 24.6 Å². The SMILES string of the molecule is CCOC(=O)NCCN(C(C)=O)c1cccc(Cl)c1C. The molecule has 0 spiro atoms. The smallest absolute Gasteiger partial charge is 0.407 e. The number of alkyl carbamates (subject to hydrolysis) is 1. The summed E-state index contributed by atoms with van der Waals surface area (Å²) in [4.78, 5) is 24.5. The van der Waals surface area contributed by atoms with E-state index in [0.717, 1.165) is 11.3 Å². The zero-order valence-electron chi connectivity index (χ0n) is 11.9. The van der Waals surface area contributed by atoms with Gasteiger partial charge < -0.3 is 15.0 Å². The Morgan fingerprint density at radius 3 is 2.70 bits per heavy atom. The van der Waals surface area contributed by atoms with Crippen LogP contribution in [0, 0.1) is 6.92 Å². The van der Waals surface area contributed by atoms with E-state index in [-0.39, 0.29) is 5.91 Å². The van der Waals surface area contributed by atoms with Gasteiger partial charge in [-0.15, -0.1) is 0 Å². The highest BCUT2D eigenvalue weighted by atomic mass is 35.5. The third-order valence-electron chi connectivity index (χ3n) is 2.79. The van der Waals surface area contributed by atoms with Gasteiger partial charge in [0.05, 0.1) is 6.61 Å². The minimum atomic E-state index is -0.487. The van der Waals surface area contributed by atoms with Crippen molar-refractivity contribution < 1.29 is 14.3 Å². The van der Waals surface area contributed by atoms with Crippen LogP contribution in [0.15, 0.2) is 18.2 Å². The summed E-state index contributed by atoms with van der Waals surface area (Å²) < 4.78 is 4.76.